The molecule has 0 bridgehead atoms. The van der Waals surface area contributed by atoms with Crippen molar-refractivity contribution in [2.75, 3.05) is 5.32 Å². The van der Waals surface area contributed by atoms with Gasteiger partial charge in [0.25, 0.3) is 0 Å². The second kappa shape index (κ2) is 5.63. The van der Waals surface area contributed by atoms with Gasteiger partial charge in [0.2, 0.25) is 0 Å². The van der Waals surface area contributed by atoms with Gasteiger partial charge in [-0.1, -0.05) is 67.6 Å². The monoisotopic (exact) mass is 282 g/mol. The molecule has 3 aromatic rings. The highest BCUT2D eigenvalue weighted by Gasteiger charge is 2.10. The minimum absolute atomic E-state index is 0.503. The van der Waals surface area contributed by atoms with Crippen molar-refractivity contribution in [3.8, 4) is 0 Å². The van der Waals surface area contributed by atoms with E-state index in [2.05, 4.69) is 61.6 Å². The molecular formula is C17H18N2S. The fourth-order valence-electron chi connectivity index (χ4n) is 2.28. The van der Waals surface area contributed by atoms with Gasteiger partial charge in [0.15, 0.2) is 5.13 Å². The summed E-state index contributed by atoms with van der Waals surface area (Å²) in [7, 11) is 0. The van der Waals surface area contributed by atoms with Gasteiger partial charge < -0.3 is 5.32 Å². The van der Waals surface area contributed by atoms with E-state index in [0.29, 0.717) is 5.92 Å². The number of fused-ring (bicyclic) bond motifs is 1. The number of benzene rings is 2. The zero-order valence-electron chi connectivity index (χ0n) is 11.8. The number of rotatable bonds is 4. The van der Waals surface area contributed by atoms with Crippen molar-refractivity contribution in [1.82, 2.24) is 4.98 Å². The minimum atomic E-state index is 0.503. The van der Waals surface area contributed by atoms with Crippen molar-refractivity contribution in [2.24, 2.45) is 0 Å². The van der Waals surface area contributed by atoms with Crippen LogP contribution in [0.15, 0.2) is 48.5 Å². The number of nitrogens with one attached hydrogen (secondary N) is 1. The van der Waals surface area contributed by atoms with Gasteiger partial charge in [-0.2, -0.15) is 0 Å². The van der Waals surface area contributed by atoms with Crippen LogP contribution in [0.3, 0.4) is 0 Å². The highest BCUT2D eigenvalue weighted by Crippen LogP contribution is 2.31. The van der Waals surface area contributed by atoms with Crippen LogP contribution >= 0.6 is 11.3 Å². The molecule has 102 valence electrons. The molecule has 2 aromatic carbocycles. The third-order valence-electron chi connectivity index (χ3n) is 3.36. The number of anilines is 1. The van der Waals surface area contributed by atoms with Gasteiger partial charge in [-0.05, 0) is 23.1 Å². The quantitative estimate of drug-likeness (QED) is 0.725. The fourth-order valence-corrected chi connectivity index (χ4v) is 3.18. The Labute approximate surface area is 123 Å². The van der Waals surface area contributed by atoms with Crippen LogP contribution in [0.4, 0.5) is 5.13 Å². The van der Waals surface area contributed by atoms with Crippen LogP contribution in [-0.2, 0) is 6.54 Å². The Morgan fingerprint density at radius 2 is 1.85 bits per heavy atom. The van der Waals surface area contributed by atoms with E-state index in [9.17, 15) is 0 Å². The molecule has 0 unspecified atom stereocenters. The number of thiazole rings is 1. The SMILES string of the molecule is CC(C)c1cccc2sc(NCc3ccccc3)nc12. The van der Waals surface area contributed by atoms with Crippen molar-refractivity contribution in [1.29, 1.82) is 0 Å². The maximum Gasteiger partial charge on any atom is 0.184 e. The van der Waals surface area contributed by atoms with Crippen LogP contribution in [0.2, 0.25) is 0 Å². The second-order valence-electron chi connectivity index (χ2n) is 5.21. The van der Waals surface area contributed by atoms with E-state index < -0.39 is 0 Å². The average Bonchev–Trinajstić information content (AvgIpc) is 2.88. The first-order chi connectivity index (χ1) is 9.74. The number of hydrogen-bond acceptors (Lipinski definition) is 3. The third-order valence-corrected chi connectivity index (χ3v) is 4.34. The zero-order valence-corrected chi connectivity index (χ0v) is 12.6. The first-order valence-corrected chi connectivity index (χ1v) is 7.73. The number of hydrogen-bond donors (Lipinski definition) is 1. The lowest BCUT2D eigenvalue weighted by atomic mass is 10.0. The van der Waals surface area contributed by atoms with Crippen molar-refractivity contribution >= 4 is 26.7 Å². The van der Waals surface area contributed by atoms with Gasteiger partial charge in [-0.25, -0.2) is 4.98 Å². The molecule has 0 aliphatic heterocycles. The molecule has 0 saturated heterocycles. The van der Waals surface area contributed by atoms with Crippen LogP contribution < -0.4 is 5.32 Å². The lowest BCUT2D eigenvalue weighted by Gasteiger charge is -2.04. The molecule has 3 heteroatoms. The first kappa shape index (κ1) is 13.1. The van der Waals surface area contributed by atoms with Gasteiger partial charge in [0, 0.05) is 6.54 Å². The summed E-state index contributed by atoms with van der Waals surface area (Å²) in [6, 6.07) is 16.9. The molecule has 0 atom stereocenters. The van der Waals surface area contributed by atoms with Crippen LogP contribution in [0.1, 0.15) is 30.9 Å². The minimum Gasteiger partial charge on any atom is -0.357 e. The predicted octanol–water partition coefficient (Wildman–Crippen LogP) is 5.03. The van der Waals surface area contributed by atoms with Crippen molar-refractivity contribution in [2.45, 2.75) is 26.3 Å². The summed E-state index contributed by atoms with van der Waals surface area (Å²) in [6.45, 7) is 5.24. The summed E-state index contributed by atoms with van der Waals surface area (Å²) < 4.78 is 1.26. The topological polar surface area (TPSA) is 24.9 Å². The normalized spacial score (nSPS) is 11.2. The molecule has 20 heavy (non-hydrogen) atoms. The molecule has 3 rings (SSSR count). The smallest absolute Gasteiger partial charge is 0.184 e. The molecule has 0 saturated carbocycles. The second-order valence-corrected chi connectivity index (χ2v) is 6.24. The van der Waals surface area contributed by atoms with Crippen molar-refractivity contribution in [3.05, 3.63) is 59.7 Å². The van der Waals surface area contributed by atoms with Crippen LogP contribution in [-0.4, -0.2) is 4.98 Å². The molecule has 0 fully saturated rings. The molecule has 1 N–H and O–H groups in total. The van der Waals surface area contributed by atoms with E-state index in [0.717, 1.165) is 17.2 Å². The molecule has 0 aliphatic carbocycles. The van der Waals surface area contributed by atoms with E-state index in [1.807, 2.05) is 6.07 Å². The number of aromatic nitrogens is 1. The molecule has 1 aromatic heterocycles. The molecule has 0 aliphatic rings. The van der Waals surface area contributed by atoms with Gasteiger partial charge in [-0.15, -0.1) is 0 Å². The molecule has 1 heterocycles. The van der Waals surface area contributed by atoms with E-state index in [1.165, 1.54) is 15.8 Å². The maximum absolute atomic E-state index is 4.76. The Hall–Kier alpha value is -1.87. The van der Waals surface area contributed by atoms with Crippen molar-refractivity contribution in [3.63, 3.8) is 0 Å². The average molecular weight is 282 g/mol. The van der Waals surface area contributed by atoms with Crippen molar-refractivity contribution < 1.29 is 0 Å². The molecule has 0 amide bonds. The standard InChI is InChI=1S/C17H18N2S/c1-12(2)14-9-6-10-15-16(14)19-17(20-15)18-11-13-7-4-3-5-8-13/h3-10,12H,11H2,1-2H3,(H,18,19). The first-order valence-electron chi connectivity index (χ1n) is 6.91. The summed E-state index contributed by atoms with van der Waals surface area (Å²) in [5, 5.41) is 4.42. The van der Waals surface area contributed by atoms with Crippen LogP contribution in [0, 0.1) is 0 Å². The maximum atomic E-state index is 4.76. The largest absolute Gasteiger partial charge is 0.357 e. The van der Waals surface area contributed by atoms with E-state index in [-0.39, 0.29) is 0 Å². The number of nitrogens with zero attached hydrogens (tertiary/aromatic N) is 1. The Balaban J connectivity index is 1.84. The Morgan fingerprint density at radius 1 is 1.05 bits per heavy atom. The van der Waals surface area contributed by atoms with Gasteiger partial charge >= 0.3 is 0 Å². The summed E-state index contributed by atoms with van der Waals surface area (Å²) in [4.78, 5) is 4.76. The zero-order chi connectivity index (χ0) is 13.9. The highest BCUT2D eigenvalue weighted by molar-refractivity contribution is 7.22. The third kappa shape index (κ3) is 2.68. The molecule has 0 radical (unpaired) electrons. The van der Waals surface area contributed by atoms with Crippen LogP contribution in [0.5, 0.6) is 0 Å². The summed E-state index contributed by atoms with van der Waals surface area (Å²) in [6.07, 6.45) is 0. The summed E-state index contributed by atoms with van der Waals surface area (Å²) in [5.41, 5.74) is 3.74. The Kier molecular flexibility index (Phi) is 3.70. The molecular weight excluding hydrogens is 264 g/mol. The lowest BCUT2D eigenvalue weighted by Crippen LogP contribution is -1.98. The molecule has 2 nitrogen and oxygen atoms in total. The lowest BCUT2D eigenvalue weighted by molar-refractivity contribution is 0.873. The van der Waals surface area contributed by atoms with E-state index in [1.54, 1.807) is 11.3 Å². The van der Waals surface area contributed by atoms with Gasteiger partial charge in [0.1, 0.15) is 0 Å². The van der Waals surface area contributed by atoms with Gasteiger partial charge in [-0.3, -0.25) is 0 Å². The Morgan fingerprint density at radius 3 is 2.60 bits per heavy atom. The summed E-state index contributed by atoms with van der Waals surface area (Å²) in [5.74, 6) is 0.503. The summed E-state index contributed by atoms with van der Waals surface area (Å²) >= 11 is 1.73. The Bertz CT molecular complexity index is 701. The highest BCUT2D eigenvalue weighted by atomic mass is 32.1. The molecule has 0 spiro atoms. The predicted molar refractivity (Wildman–Crippen MR) is 87.5 cm³/mol. The van der Waals surface area contributed by atoms with E-state index in [4.69, 9.17) is 4.98 Å². The van der Waals surface area contributed by atoms with Gasteiger partial charge in [0.05, 0.1) is 10.2 Å². The van der Waals surface area contributed by atoms with E-state index >= 15 is 0 Å². The van der Waals surface area contributed by atoms with Crippen LogP contribution in [0.25, 0.3) is 10.2 Å². The number of para-hydroxylation sites is 1. The fraction of sp³-hybridized carbons (Fsp3) is 0.235.